The zero-order valence-corrected chi connectivity index (χ0v) is 18.8. The lowest BCUT2D eigenvalue weighted by Crippen LogP contribution is -2.23. The second kappa shape index (κ2) is 11.0. The smallest absolute Gasteiger partial charge is 0.367 e. The van der Waals surface area contributed by atoms with Gasteiger partial charge >= 0.3 is 6.18 Å². The van der Waals surface area contributed by atoms with Crippen LogP contribution in [0.4, 0.5) is 13.2 Å². The number of ether oxygens (including phenoxy) is 1. The van der Waals surface area contributed by atoms with Crippen molar-refractivity contribution in [1.82, 2.24) is 15.1 Å². The Labute approximate surface area is 201 Å². The Bertz CT molecular complexity index is 1240. The number of carbonyl (C=O) groups is 1. The third-order valence-electron chi connectivity index (χ3n) is 5.38. The van der Waals surface area contributed by atoms with Gasteiger partial charge in [0.05, 0.1) is 13.2 Å². The molecular weight excluding hydrogens is 455 g/mol. The topological polar surface area (TPSA) is 56.2 Å². The third kappa shape index (κ3) is 7.04. The lowest BCUT2D eigenvalue weighted by Gasteiger charge is -2.12. The predicted molar refractivity (Wildman–Crippen MR) is 127 cm³/mol. The monoisotopic (exact) mass is 479 g/mol. The number of nitrogens with zero attached hydrogens (tertiary/aromatic N) is 2. The molecule has 3 aromatic carbocycles. The van der Waals surface area contributed by atoms with Crippen molar-refractivity contribution in [2.24, 2.45) is 0 Å². The summed E-state index contributed by atoms with van der Waals surface area (Å²) in [6.45, 7) is -0.448. The van der Waals surface area contributed by atoms with Crippen molar-refractivity contribution in [2.45, 2.75) is 25.9 Å². The van der Waals surface area contributed by atoms with Gasteiger partial charge in [0.2, 0.25) is 0 Å². The van der Waals surface area contributed by atoms with Gasteiger partial charge < -0.3 is 10.1 Å². The largest absolute Gasteiger partial charge is 0.411 e. The lowest BCUT2D eigenvalue weighted by atomic mass is 9.98. The first-order valence-corrected chi connectivity index (χ1v) is 11.0. The molecular formula is C27H24F3N3O2. The molecule has 0 unspecified atom stereocenters. The van der Waals surface area contributed by atoms with Crippen molar-refractivity contribution in [3.8, 4) is 11.1 Å². The number of rotatable bonds is 9. The fraction of sp³-hybridized carbons (Fsp3) is 0.185. The minimum Gasteiger partial charge on any atom is -0.367 e. The van der Waals surface area contributed by atoms with Gasteiger partial charge in [-0.25, -0.2) is 0 Å². The van der Waals surface area contributed by atoms with Gasteiger partial charge in [-0.2, -0.15) is 18.3 Å². The number of alkyl halides is 3. The van der Waals surface area contributed by atoms with Crippen molar-refractivity contribution < 1.29 is 22.7 Å². The number of hydrogen-bond donors (Lipinski definition) is 1. The van der Waals surface area contributed by atoms with Crippen LogP contribution in [0.5, 0.6) is 0 Å². The highest BCUT2D eigenvalue weighted by Gasteiger charge is 2.27. The number of hydrogen-bond acceptors (Lipinski definition) is 3. The van der Waals surface area contributed by atoms with Gasteiger partial charge in [-0.1, -0.05) is 60.7 Å². The van der Waals surface area contributed by atoms with E-state index in [2.05, 4.69) is 39.4 Å². The van der Waals surface area contributed by atoms with Crippen LogP contribution in [0.3, 0.4) is 0 Å². The van der Waals surface area contributed by atoms with Crippen LogP contribution in [-0.2, 0) is 24.4 Å². The molecule has 0 saturated carbocycles. The predicted octanol–water partition coefficient (Wildman–Crippen LogP) is 5.61. The highest BCUT2D eigenvalue weighted by molar-refractivity contribution is 5.94. The first kappa shape index (κ1) is 24.2. The van der Waals surface area contributed by atoms with Gasteiger partial charge in [0, 0.05) is 24.5 Å². The standard InChI is InChI=1S/C27H24F3N3O2/c28-27(29,30)19-35-18-21-8-12-23(13-9-21)26(34)31-16-24-4-1-2-5-25(24)22-10-6-20(7-11-22)17-33-15-3-14-32-33/h1-15H,16-19H2,(H,31,34). The van der Waals surface area contributed by atoms with E-state index in [1.165, 1.54) is 0 Å². The molecule has 35 heavy (non-hydrogen) atoms. The maximum atomic E-state index is 12.6. The zero-order valence-electron chi connectivity index (χ0n) is 18.8. The fourth-order valence-electron chi connectivity index (χ4n) is 3.64. The summed E-state index contributed by atoms with van der Waals surface area (Å²) >= 11 is 0. The Hall–Kier alpha value is -3.91. The molecule has 1 aromatic heterocycles. The van der Waals surface area contributed by atoms with Crippen LogP contribution in [-0.4, -0.2) is 28.5 Å². The summed E-state index contributed by atoms with van der Waals surface area (Å²) < 4.78 is 43.1. The normalized spacial score (nSPS) is 11.4. The van der Waals surface area contributed by atoms with Crippen LogP contribution in [0.15, 0.2) is 91.3 Å². The van der Waals surface area contributed by atoms with E-state index < -0.39 is 12.8 Å². The lowest BCUT2D eigenvalue weighted by molar-refractivity contribution is -0.176. The molecule has 8 heteroatoms. The maximum Gasteiger partial charge on any atom is 0.411 e. The highest BCUT2D eigenvalue weighted by Crippen LogP contribution is 2.24. The SMILES string of the molecule is O=C(NCc1ccccc1-c1ccc(Cn2cccn2)cc1)c1ccc(COCC(F)(F)F)cc1. The Kier molecular flexibility index (Phi) is 7.62. The maximum absolute atomic E-state index is 12.6. The van der Waals surface area contributed by atoms with Crippen molar-refractivity contribution in [1.29, 1.82) is 0 Å². The van der Waals surface area contributed by atoms with Crippen molar-refractivity contribution in [3.63, 3.8) is 0 Å². The first-order chi connectivity index (χ1) is 16.9. The van der Waals surface area contributed by atoms with Gasteiger partial charge in [-0.05, 0) is 46.0 Å². The van der Waals surface area contributed by atoms with E-state index in [0.29, 0.717) is 24.2 Å². The molecule has 0 saturated heterocycles. The van der Waals surface area contributed by atoms with Crippen molar-refractivity contribution in [2.75, 3.05) is 6.61 Å². The molecule has 0 radical (unpaired) electrons. The average Bonchev–Trinajstić information content (AvgIpc) is 3.36. The van der Waals surface area contributed by atoms with Gasteiger partial charge in [0.1, 0.15) is 6.61 Å². The summed E-state index contributed by atoms with van der Waals surface area (Å²) in [6.07, 6.45) is -0.694. The summed E-state index contributed by atoms with van der Waals surface area (Å²) in [4.78, 5) is 12.6. The second-order valence-corrected chi connectivity index (χ2v) is 8.05. The molecule has 1 heterocycles. The minimum atomic E-state index is -4.36. The molecule has 0 aliphatic carbocycles. The highest BCUT2D eigenvalue weighted by atomic mass is 19.4. The van der Waals surface area contributed by atoms with E-state index in [9.17, 15) is 18.0 Å². The van der Waals surface area contributed by atoms with Crippen LogP contribution < -0.4 is 5.32 Å². The summed E-state index contributed by atoms with van der Waals surface area (Å²) in [5.74, 6) is -0.267. The Morgan fingerprint density at radius 1 is 0.914 bits per heavy atom. The van der Waals surface area contributed by atoms with Crippen LogP contribution in [0.25, 0.3) is 11.1 Å². The first-order valence-electron chi connectivity index (χ1n) is 11.0. The van der Waals surface area contributed by atoms with Gasteiger partial charge in [-0.3, -0.25) is 9.48 Å². The van der Waals surface area contributed by atoms with Crippen molar-refractivity contribution >= 4 is 5.91 Å². The average molecular weight is 480 g/mol. The number of nitrogens with one attached hydrogen (secondary N) is 1. The molecule has 0 aliphatic heterocycles. The van der Waals surface area contributed by atoms with Crippen LogP contribution in [0.1, 0.15) is 27.0 Å². The van der Waals surface area contributed by atoms with Crippen LogP contribution >= 0.6 is 0 Å². The summed E-state index contributed by atoms with van der Waals surface area (Å²) in [5, 5.41) is 7.15. The molecule has 1 amide bonds. The molecule has 4 rings (SSSR count). The van der Waals surface area contributed by atoms with Gasteiger partial charge in [0.15, 0.2) is 0 Å². The molecule has 0 aliphatic rings. The van der Waals surface area contributed by atoms with Crippen molar-refractivity contribution in [3.05, 3.63) is 114 Å². The molecule has 0 spiro atoms. The molecule has 0 bridgehead atoms. The second-order valence-electron chi connectivity index (χ2n) is 8.05. The quantitative estimate of drug-likeness (QED) is 0.340. The van der Waals surface area contributed by atoms with Crippen LogP contribution in [0, 0.1) is 0 Å². The van der Waals surface area contributed by atoms with Gasteiger partial charge in [-0.15, -0.1) is 0 Å². The Morgan fingerprint density at radius 2 is 1.63 bits per heavy atom. The fourth-order valence-corrected chi connectivity index (χ4v) is 3.64. The molecule has 1 N–H and O–H groups in total. The van der Waals surface area contributed by atoms with Gasteiger partial charge in [0.25, 0.3) is 5.91 Å². The number of carbonyl (C=O) groups excluding carboxylic acids is 1. The Morgan fingerprint density at radius 3 is 2.31 bits per heavy atom. The summed E-state index contributed by atoms with van der Waals surface area (Å²) in [5.41, 5.74) is 5.16. The van der Waals surface area contributed by atoms with Crippen LogP contribution in [0.2, 0.25) is 0 Å². The number of benzene rings is 3. The third-order valence-corrected chi connectivity index (χ3v) is 5.38. The molecule has 180 valence electrons. The van der Waals surface area contributed by atoms with E-state index in [1.807, 2.05) is 41.2 Å². The van der Waals surface area contributed by atoms with E-state index in [0.717, 1.165) is 22.3 Å². The van der Waals surface area contributed by atoms with E-state index in [-0.39, 0.29) is 12.5 Å². The number of aromatic nitrogens is 2. The molecule has 0 fully saturated rings. The van der Waals surface area contributed by atoms with E-state index >= 15 is 0 Å². The molecule has 5 nitrogen and oxygen atoms in total. The number of halogens is 3. The minimum absolute atomic E-state index is 0.171. The zero-order chi connectivity index (χ0) is 24.7. The molecule has 0 atom stereocenters. The van der Waals surface area contributed by atoms with E-state index in [4.69, 9.17) is 0 Å². The molecule has 4 aromatic rings. The summed E-state index contributed by atoms with van der Waals surface area (Å²) in [6, 6.07) is 24.3. The van der Waals surface area contributed by atoms with E-state index in [1.54, 1.807) is 30.5 Å². The summed E-state index contributed by atoms with van der Waals surface area (Å²) in [7, 11) is 0. The number of amides is 1. The Balaban J connectivity index is 1.36.